The summed E-state index contributed by atoms with van der Waals surface area (Å²) < 4.78 is 10.5. The minimum absolute atomic E-state index is 0.216. The lowest BCUT2D eigenvalue weighted by atomic mass is 10.2. The second kappa shape index (κ2) is 6.09. The number of nitrogens with zero attached hydrogens (tertiary/aromatic N) is 3. The van der Waals surface area contributed by atoms with Gasteiger partial charge in [-0.15, -0.1) is 0 Å². The van der Waals surface area contributed by atoms with Crippen molar-refractivity contribution in [3.63, 3.8) is 0 Å². The second-order valence-corrected chi connectivity index (χ2v) is 4.19. The van der Waals surface area contributed by atoms with Gasteiger partial charge in [-0.25, -0.2) is 0 Å². The van der Waals surface area contributed by atoms with Crippen LogP contribution >= 0.6 is 0 Å². The maximum absolute atomic E-state index is 5.26. The van der Waals surface area contributed by atoms with E-state index in [4.69, 9.17) is 9.26 Å². The molecule has 1 unspecified atom stereocenters. The van der Waals surface area contributed by atoms with Gasteiger partial charge in [0, 0.05) is 26.2 Å². The highest BCUT2D eigenvalue weighted by Gasteiger charge is 2.24. The molecule has 6 heteroatoms. The molecule has 1 N–H and O–H groups in total. The van der Waals surface area contributed by atoms with Crippen molar-refractivity contribution in [1.29, 1.82) is 0 Å². The zero-order valence-electron chi connectivity index (χ0n) is 10.5. The summed E-state index contributed by atoms with van der Waals surface area (Å²) in [5.41, 5.74) is 0. The van der Waals surface area contributed by atoms with Crippen molar-refractivity contribution in [3.05, 3.63) is 11.7 Å². The monoisotopic (exact) mass is 240 g/mol. The topological polar surface area (TPSA) is 63.4 Å². The van der Waals surface area contributed by atoms with Gasteiger partial charge in [0.15, 0.2) is 5.82 Å². The smallest absolute Gasteiger partial charge is 0.229 e. The van der Waals surface area contributed by atoms with Crippen molar-refractivity contribution in [3.8, 4) is 0 Å². The second-order valence-electron chi connectivity index (χ2n) is 4.19. The third-order valence-corrected chi connectivity index (χ3v) is 2.96. The SMILES string of the molecule is CCOCCc1nc(C2CNCCN2C)no1. The third-order valence-electron chi connectivity index (χ3n) is 2.96. The quantitative estimate of drug-likeness (QED) is 0.743. The van der Waals surface area contributed by atoms with Crippen LogP contribution in [0, 0.1) is 0 Å². The standard InChI is InChI=1S/C11H20N4O2/c1-3-16-7-4-10-13-11(14-17-10)9-8-12-5-6-15(9)2/h9,12H,3-8H2,1-2H3. The van der Waals surface area contributed by atoms with Crippen LogP contribution < -0.4 is 5.32 Å². The Kier molecular flexibility index (Phi) is 4.47. The van der Waals surface area contributed by atoms with Crippen molar-refractivity contribution in [1.82, 2.24) is 20.4 Å². The molecule has 6 nitrogen and oxygen atoms in total. The number of hydrogen-bond acceptors (Lipinski definition) is 6. The minimum Gasteiger partial charge on any atom is -0.381 e. The third kappa shape index (κ3) is 3.24. The summed E-state index contributed by atoms with van der Waals surface area (Å²) in [6.45, 7) is 6.23. The number of likely N-dealkylation sites (N-methyl/N-ethyl adjacent to an activating group) is 1. The highest BCUT2D eigenvalue weighted by Crippen LogP contribution is 2.17. The molecule has 1 aromatic heterocycles. The van der Waals surface area contributed by atoms with Crippen LogP contribution in [-0.2, 0) is 11.2 Å². The van der Waals surface area contributed by atoms with Crippen molar-refractivity contribution < 1.29 is 9.26 Å². The van der Waals surface area contributed by atoms with E-state index in [9.17, 15) is 0 Å². The van der Waals surface area contributed by atoms with Gasteiger partial charge in [0.25, 0.3) is 0 Å². The maximum Gasteiger partial charge on any atom is 0.229 e. The van der Waals surface area contributed by atoms with E-state index in [0.29, 0.717) is 18.9 Å². The molecule has 0 bridgehead atoms. The van der Waals surface area contributed by atoms with Crippen molar-refractivity contribution in [2.45, 2.75) is 19.4 Å². The Morgan fingerprint density at radius 2 is 2.47 bits per heavy atom. The van der Waals surface area contributed by atoms with Gasteiger partial charge >= 0.3 is 0 Å². The Labute approximate surface area is 101 Å². The average molecular weight is 240 g/mol. The molecule has 1 aliphatic heterocycles. The van der Waals surface area contributed by atoms with E-state index < -0.39 is 0 Å². The van der Waals surface area contributed by atoms with Crippen molar-refractivity contribution >= 4 is 0 Å². The molecular weight excluding hydrogens is 220 g/mol. The van der Waals surface area contributed by atoms with Crippen LogP contribution in [0.4, 0.5) is 0 Å². The fourth-order valence-electron chi connectivity index (χ4n) is 1.90. The summed E-state index contributed by atoms with van der Waals surface area (Å²) in [5.74, 6) is 1.43. The van der Waals surface area contributed by atoms with Crippen molar-refractivity contribution in [2.24, 2.45) is 0 Å². The lowest BCUT2D eigenvalue weighted by Crippen LogP contribution is -2.44. The molecule has 1 fully saturated rings. The van der Waals surface area contributed by atoms with Crippen LogP contribution in [-0.4, -0.2) is 54.9 Å². The van der Waals surface area contributed by atoms with Gasteiger partial charge in [-0.1, -0.05) is 5.16 Å². The zero-order chi connectivity index (χ0) is 12.1. The largest absolute Gasteiger partial charge is 0.381 e. The molecule has 0 aromatic carbocycles. The Morgan fingerprint density at radius 1 is 1.59 bits per heavy atom. The van der Waals surface area contributed by atoms with Crippen LogP contribution in [0.3, 0.4) is 0 Å². The van der Waals surface area contributed by atoms with E-state index in [1.54, 1.807) is 0 Å². The molecule has 1 saturated heterocycles. The van der Waals surface area contributed by atoms with E-state index >= 15 is 0 Å². The van der Waals surface area contributed by atoms with E-state index in [1.807, 2.05) is 6.92 Å². The predicted octanol–water partition coefficient (Wildman–Crippen LogP) is 0.225. The lowest BCUT2D eigenvalue weighted by molar-refractivity contribution is 0.144. The van der Waals surface area contributed by atoms with Crippen LogP contribution in [0.15, 0.2) is 4.52 Å². The van der Waals surface area contributed by atoms with Gasteiger partial charge < -0.3 is 14.6 Å². The fourth-order valence-corrected chi connectivity index (χ4v) is 1.90. The maximum atomic E-state index is 5.26. The van der Waals surface area contributed by atoms with Gasteiger partial charge in [-0.05, 0) is 14.0 Å². The first-order valence-corrected chi connectivity index (χ1v) is 6.12. The van der Waals surface area contributed by atoms with Gasteiger partial charge in [-0.2, -0.15) is 4.98 Å². The molecule has 2 rings (SSSR count). The van der Waals surface area contributed by atoms with Crippen LogP contribution in [0.1, 0.15) is 24.7 Å². The number of piperazine rings is 1. The Balaban J connectivity index is 1.92. The molecular formula is C11H20N4O2. The van der Waals surface area contributed by atoms with E-state index in [1.165, 1.54) is 0 Å². The molecule has 0 saturated carbocycles. The first-order valence-electron chi connectivity index (χ1n) is 6.12. The lowest BCUT2D eigenvalue weighted by Gasteiger charge is -2.30. The number of nitrogens with one attached hydrogen (secondary N) is 1. The predicted molar refractivity (Wildman–Crippen MR) is 62.7 cm³/mol. The van der Waals surface area contributed by atoms with E-state index in [2.05, 4.69) is 27.4 Å². The van der Waals surface area contributed by atoms with Crippen LogP contribution in [0.2, 0.25) is 0 Å². The zero-order valence-corrected chi connectivity index (χ0v) is 10.5. The molecule has 0 aliphatic carbocycles. The molecule has 0 radical (unpaired) electrons. The highest BCUT2D eigenvalue weighted by molar-refractivity contribution is 4.97. The Bertz CT molecular complexity index is 342. The van der Waals surface area contributed by atoms with Crippen LogP contribution in [0.25, 0.3) is 0 Å². The molecule has 1 atom stereocenters. The summed E-state index contributed by atoms with van der Waals surface area (Å²) in [5, 5.41) is 7.38. The average Bonchev–Trinajstić information content (AvgIpc) is 2.79. The molecule has 0 amide bonds. The first-order chi connectivity index (χ1) is 8.31. The Hall–Kier alpha value is -0.980. The molecule has 17 heavy (non-hydrogen) atoms. The van der Waals surface area contributed by atoms with Crippen molar-refractivity contribution in [2.75, 3.05) is 39.9 Å². The minimum atomic E-state index is 0.216. The molecule has 2 heterocycles. The molecule has 0 spiro atoms. The number of hydrogen-bond donors (Lipinski definition) is 1. The highest BCUT2D eigenvalue weighted by atomic mass is 16.5. The van der Waals surface area contributed by atoms with Gasteiger partial charge in [0.05, 0.1) is 19.1 Å². The summed E-state index contributed by atoms with van der Waals surface area (Å²) >= 11 is 0. The molecule has 1 aromatic rings. The van der Waals surface area contributed by atoms with E-state index in [-0.39, 0.29) is 6.04 Å². The van der Waals surface area contributed by atoms with E-state index in [0.717, 1.165) is 32.1 Å². The summed E-state index contributed by atoms with van der Waals surface area (Å²) in [7, 11) is 2.09. The number of ether oxygens (including phenoxy) is 1. The van der Waals surface area contributed by atoms with Crippen LogP contribution in [0.5, 0.6) is 0 Å². The normalized spacial score (nSPS) is 21.9. The Morgan fingerprint density at radius 3 is 3.24 bits per heavy atom. The van der Waals surface area contributed by atoms with Gasteiger partial charge in [0.2, 0.25) is 5.89 Å². The number of aromatic nitrogens is 2. The first kappa shape index (κ1) is 12.5. The molecule has 96 valence electrons. The van der Waals surface area contributed by atoms with Gasteiger partial charge in [-0.3, -0.25) is 4.90 Å². The summed E-state index contributed by atoms with van der Waals surface area (Å²) in [6, 6.07) is 0.216. The summed E-state index contributed by atoms with van der Waals surface area (Å²) in [6.07, 6.45) is 0.685. The summed E-state index contributed by atoms with van der Waals surface area (Å²) in [4.78, 5) is 6.66. The van der Waals surface area contributed by atoms with Gasteiger partial charge in [0.1, 0.15) is 0 Å². The number of rotatable bonds is 5. The molecule has 1 aliphatic rings. The fraction of sp³-hybridized carbons (Fsp3) is 0.818.